The number of pyridine rings is 1. The van der Waals surface area contributed by atoms with Gasteiger partial charge in [0.25, 0.3) is 0 Å². The predicted octanol–water partition coefficient (Wildman–Crippen LogP) is 3.64. The highest BCUT2D eigenvalue weighted by Gasteiger charge is 2.07. The van der Waals surface area contributed by atoms with E-state index in [1.54, 1.807) is 25.1 Å². The van der Waals surface area contributed by atoms with Crippen LogP contribution in [0.25, 0.3) is 11.1 Å². The van der Waals surface area contributed by atoms with E-state index in [9.17, 15) is 8.78 Å². The van der Waals surface area contributed by atoms with Crippen LogP contribution in [0.2, 0.25) is 0 Å². The molecule has 2 rings (SSSR count). The third kappa shape index (κ3) is 1.94. The summed E-state index contributed by atoms with van der Waals surface area (Å²) in [5.41, 5.74) is 2.42. The van der Waals surface area contributed by atoms with Crippen molar-refractivity contribution in [2.45, 2.75) is 13.8 Å². The Hall–Kier alpha value is -1.77. The fourth-order valence-electron chi connectivity index (χ4n) is 1.57. The minimum absolute atomic E-state index is 0.321. The minimum Gasteiger partial charge on any atom is -0.227 e. The van der Waals surface area contributed by atoms with E-state index >= 15 is 0 Å². The number of aromatic nitrogens is 1. The molecular weight excluding hydrogens is 208 g/mol. The highest BCUT2D eigenvalue weighted by Crippen LogP contribution is 2.24. The van der Waals surface area contributed by atoms with Crippen molar-refractivity contribution < 1.29 is 8.78 Å². The Kier molecular flexibility index (Phi) is 2.69. The molecule has 1 heterocycles. The Bertz CT molecular complexity index is 535. The summed E-state index contributed by atoms with van der Waals surface area (Å²) in [5.74, 6) is -0.838. The second-order valence-corrected chi connectivity index (χ2v) is 3.82. The Morgan fingerprint density at radius 1 is 1.06 bits per heavy atom. The number of benzene rings is 1. The summed E-state index contributed by atoms with van der Waals surface area (Å²) >= 11 is 0. The second kappa shape index (κ2) is 4.00. The summed E-state index contributed by atoms with van der Waals surface area (Å²) in [7, 11) is 0. The molecule has 1 aromatic heterocycles. The first-order valence-electron chi connectivity index (χ1n) is 4.96. The molecule has 0 saturated carbocycles. The lowest BCUT2D eigenvalue weighted by atomic mass is 10.0. The van der Waals surface area contributed by atoms with Crippen molar-refractivity contribution in [3.63, 3.8) is 0 Å². The summed E-state index contributed by atoms with van der Waals surface area (Å²) in [4.78, 5) is 3.59. The first-order chi connectivity index (χ1) is 7.58. The summed E-state index contributed by atoms with van der Waals surface area (Å²) in [6.07, 6.45) is 1.35. The van der Waals surface area contributed by atoms with Gasteiger partial charge in [0.15, 0.2) is 0 Å². The van der Waals surface area contributed by atoms with Crippen molar-refractivity contribution in [1.82, 2.24) is 4.98 Å². The van der Waals surface area contributed by atoms with E-state index in [1.165, 1.54) is 12.3 Å². The van der Waals surface area contributed by atoms with E-state index in [1.807, 2.05) is 6.92 Å². The normalized spacial score (nSPS) is 10.5. The maximum Gasteiger partial charge on any atom is 0.215 e. The molecule has 0 spiro atoms. The van der Waals surface area contributed by atoms with Crippen LogP contribution in [0, 0.1) is 25.6 Å². The Balaban J connectivity index is 2.58. The highest BCUT2D eigenvalue weighted by molar-refractivity contribution is 5.64. The van der Waals surface area contributed by atoms with Gasteiger partial charge in [0.2, 0.25) is 5.95 Å². The van der Waals surface area contributed by atoms with Gasteiger partial charge in [0.1, 0.15) is 5.82 Å². The molecule has 2 aromatic rings. The van der Waals surface area contributed by atoms with Crippen molar-refractivity contribution in [2.24, 2.45) is 0 Å². The van der Waals surface area contributed by atoms with Crippen LogP contribution < -0.4 is 0 Å². The molecule has 3 heteroatoms. The molecule has 0 fully saturated rings. The Labute approximate surface area is 92.8 Å². The van der Waals surface area contributed by atoms with Crippen LogP contribution in [0.1, 0.15) is 11.1 Å². The predicted molar refractivity (Wildman–Crippen MR) is 59.1 cm³/mol. The molecule has 0 amide bonds. The topological polar surface area (TPSA) is 12.9 Å². The lowest BCUT2D eigenvalue weighted by Gasteiger charge is -2.05. The molecule has 0 aliphatic carbocycles. The van der Waals surface area contributed by atoms with Gasteiger partial charge >= 0.3 is 0 Å². The number of hydrogen-bond donors (Lipinski definition) is 0. The van der Waals surface area contributed by atoms with Gasteiger partial charge in [0, 0.05) is 22.9 Å². The van der Waals surface area contributed by atoms with Gasteiger partial charge in [-0.1, -0.05) is 11.6 Å². The summed E-state index contributed by atoms with van der Waals surface area (Å²) < 4.78 is 26.6. The van der Waals surface area contributed by atoms with Gasteiger partial charge < -0.3 is 0 Å². The molecule has 0 radical (unpaired) electrons. The van der Waals surface area contributed by atoms with Gasteiger partial charge in [-0.3, -0.25) is 0 Å². The van der Waals surface area contributed by atoms with Crippen LogP contribution in [-0.4, -0.2) is 4.98 Å². The van der Waals surface area contributed by atoms with E-state index in [-0.39, 0.29) is 5.82 Å². The van der Waals surface area contributed by atoms with Gasteiger partial charge in [0.05, 0.1) is 0 Å². The van der Waals surface area contributed by atoms with Crippen molar-refractivity contribution in [2.75, 3.05) is 0 Å². The zero-order valence-corrected chi connectivity index (χ0v) is 9.09. The monoisotopic (exact) mass is 219 g/mol. The number of nitrogens with zero attached hydrogens (tertiary/aromatic N) is 1. The van der Waals surface area contributed by atoms with Crippen LogP contribution in [0.15, 0.2) is 30.5 Å². The zero-order valence-electron chi connectivity index (χ0n) is 9.09. The van der Waals surface area contributed by atoms with E-state index in [4.69, 9.17) is 0 Å². The van der Waals surface area contributed by atoms with E-state index in [0.717, 1.165) is 5.56 Å². The summed E-state index contributed by atoms with van der Waals surface area (Å²) in [6.45, 7) is 3.49. The lowest BCUT2D eigenvalue weighted by molar-refractivity contribution is 0.574. The fourth-order valence-corrected chi connectivity index (χ4v) is 1.57. The standard InChI is InChI=1S/C13H11F2N/c1-8-3-4-12(14)11(5-8)10-6-9(2)13(15)16-7-10/h3-7H,1-2H3. The van der Waals surface area contributed by atoms with Gasteiger partial charge in [-0.15, -0.1) is 0 Å². The first kappa shape index (κ1) is 10.7. The van der Waals surface area contributed by atoms with Gasteiger partial charge in [-0.2, -0.15) is 4.39 Å². The van der Waals surface area contributed by atoms with Crippen LogP contribution in [0.4, 0.5) is 8.78 Å². The average Bonchev–Trinajstić information content (AvgIpc) is 2.26. The van der Waals surface area contributed by atoms with Gasteiger partial charge in [-0.25, -0.2) is 9.37 Å². The smallest absolute Gasteiger partial charge is 0.215 e. The SMILES string of the molecule is Cc1ccc(F)c(-c2cnc(F)c(C)c2)c1. The van der Waals surface area contributed by atoms with Crippen molar-refractivity contribution in [1.29, 1.82) is 0 Å². The quantitative estimate of drug-likeness (QED) is 0.667. The Morgan fingerprint density at radius 2 is 1.81 bits per heavy atom. The molecule has 0 saturated heterocycles. The molecular formula is C13H11F2N. The number of hydrogen-bond acceptors (Lipinski definition) is 1. The molecule has 1 nitrogen and oxygen atoms in total. The third-order valence-electron chi connectivity index (χ3n) is 2.45. The minimum atomic E-state index is -0.517. The van der Waals surface area contributed by atoms with E-state index < -0.39 is 5.95 Å². The first-order valence-corrected chi connectivity index (χ1v) is 4.96. The average molecular weight is 219 g/mol. The van der Waals surface area contributed by atoms with Crippen LogP contribution in [0.5, 0.6) is 0 Å². The highest BCUT2D eigenvalue weighted by atomic mass is 19.1. The van der Waals surface area contributed by atoms with E-state index in [2.05, 4.69) is 4.98 Å². The van der Waals surface area contributed by atoms with Gasteiger partial charge in [-0.05, 0) is 32.0 Å². The fraction of sp³-hybridized carbons (Fsp3) is 0.154. The van der Waals surface area contributed by atoms with Crippen LogP contribution in [-0.2, 0) is 0 Å². The molecule has 16 heavy (non-hydrogen) atoms. The summed E-state index contributed by atoms with van der Waals surface area (Å²) in [6, 6.07) is 6.43. The second-order valence-electron chi connectivity index (χ2n) is 3.82. The molecule has 0 aliphatic rings. The lowest BCUT2D eigenvalue weighted by Crippen LogP contribution is -1.91. The molecule has 1 aromatic carbocycles. The maximum atomic E-state index is 13.6. The molecule has 0 N–H and O–H groups in total. The van der Waals surface area contributed by atoms with Crippen LogP contribution in [0.3, 0.4) is 0 Å². The summed E-state index contributed by atoms with van der Waals surface area (Å²) in [5, 5.41) is 0. The molecule has 0 unspecified atom stereocenters. The largest absolute Gasteiger partial charge is 0.227 e. The van der Waals surface area contributed by atoms with E-state index in [0.29, 0.717) is 16.7 Å². The molecule has 0 atom stereocenters. The Morgan fingerprint density at radius 3 is 2.50 bits per heavy atom. The molecule has 82 valence electrons. The number of aryl methyl sites for hydroxylation is 2. The van der Waals surface area contributed by atoms with Crippen molar-refractivity contribution in [3.05, 3.63) is 53.4 Å². The van der Waals surface area contributed by atoms with Crippen molar-refractivity contribution >= 4 is 0 Å². The maximum absolute atomic E-state index is 13.6. The number of rotatable bonds is 1. The third-order valence-corrected chi connectivity index (χ3v) is 2.45. The van der Waals surface area contributed by atoms with Crippen molar-refractivity contribution in [3.8, 4) is 11.1 Å². The van der Waals surface area contributed by atoms with Crippen LogP contribution >= 0.6 is 0 Å². The molecule has 0 aliphatic heterocycles. The number of halogens is 2. The molecule has 0 bridgehead atoms. The zero-order chi connectivity index (χ0) is 11.7.